The second-order valence-electron chi connectivity index (χ2n) is 5.09. The number of ether oxygens (including phenoxy) is 1. The molecule has 0 saturated carbocycles. The standard InChI is InChI=1S/C19H19NOS/c20-14-15-6-4-10-19(21-16-7-2-1-3-8-16)18(15)12-11-17-9-5-13-22-17/h1-10,13H,11-12,14,20H2. The Hall–Kier alpha value is -2.10. The summed E-state index contributed by atoms with van der Waals surface area (Å²) in [6.45, 7) is 0.533. The minimum Gasteiger partial charge on any atom is -0.457 e. The largest absolute Gasteiger partial charge is 0.457 e. The van der Waals surface area contributed by atoms with Gasteiger partial charge in [0.2, 0.25) is 0 Å². The van der Waals surface area contributed by atoms with E-state index in [0.29, 0.717) is 6.54 Å². The molecule has 0 bridgehead atoms. The van der Waals surface area contributed by atoms with Crippen molar-refractivity contribution in [2.75, 3.05) is 0 Å². The summed E-state index contributed by atoms with van der Waals surface area (Å²) in [5.41, 5.74) is 8.28. The van der Waals surface area contributed by atoms with E-state index in [0.717, 1.165) is 29.9 Å². The molecule has 0 aliphatic heterocycles. The number of rotatable bonds is 6. The molecule has 3 rings (SSSR count). The van der Waals surface area contributed by atoms with Crippen LogP contribution >= 0.6 is 11.3 Å². The maximum Gasteiger partial charge on any atom is 0.130 e. The van der Waals surface area contributed by atoms with E-state index in [4.69, 9.17) is 10.5 Å². The van der Waals surface area contributed by atoms with Gasteiger partial charge in [0, 0.05) is 11.4 Å². The molecular weight excluding hydrogens is 290 g/mol. The van der Waals surface area contributed by atoms with E-state index in [2.05, 4.69) is 23.6 Å². The minimum absolute atomic E-state index is 0.533. The number of nitrogens with two attached hydrogens (primary N) is 1. The van der Waals surface area contributed by atoms with Gasteiger partial charge < -0.3 is 10.5 Å². The van der Waals surface area contributed by atoms with Crippen molar-refractivity contribution in [2.45, 2.75) is 19.4 Å². The average Bonchev–Trinajstić information content (AvgIpc) is 3.08. The maximum atomic E-state index is 6.07. The second-order valence-corrected chi connectivity index (χ2v) is 6.12. The predicted molar refractivity (Wildman–Crippen MR) is 92.6 cm³/mol. The Bertz CT molecular complexity index is 708. The normalized spacial score (nSPS) is 10.6. The van der Waals surface area contributed by atoms with E-state index in [1.165, 1.54) is 10.4 Å². The van der Waals surface area contributed by atoms with Crippen molar-refractivity contribution in [3.8, 4) is 11.5 Å². The van der Waals surface area contributed by atoms with Gasteiger partial charge in [-0.15, -0.1) is 11.3 Å². The molecule has 0 unspecified atom stereocenters. The van der Waals surface area contributed by atoms with Gasteiger partial charge in [-0.05, 0) is 53.6 Å². The summed E-state index contributed by atoms with van der Waals surface area (Å²) in [5.74, 6) is 1.76. The molecule has 112 valence electrons. The van der Waals surface area contributed by atoms with Crippen LogP contribution in [0, 0.1) is 0 Å². The van der Waals surface area contributed by atoms with Crippen molar-refractivity contribution < 1.29 is 4.74 Å². The number of para-hydroxylation sites is 1. The Morgan fingerprint density at radius 2 is 1.73 bits per heavy atom. The highest BCUT2D eigenvalue weighted by molar-refractivity contribution is 7.09. The van der Waals surface area contributed by atoms with E-state index < -0.39 is 0 Å². The Morgan fingerprint density at radius 3 is 2.45 bits per heavy atom. The van der Waals surface area contributed by atoms with Crippen LogP contribution < -0.4 is 10.5 Å². The molecule has 2 aromatic carbocycles. The molecule has 2 N–H and O–H groups in total. The first-order chi connectivity index (χ1) is 10.9. The summed E-state index contributed by atoms with van der Waals surface area (Å²) < 4.78 is 6.07. The van der Waals surface area contributed by atoms with Crippen LogP contribution in [0.4, 0.5) is 0 Å². The molecule has 0 radical (unpaired) electrons. The topological polar surface area (TPSA) is 35.2 Å². The molecule has 0 aliphatic rings. The highest BCUT2D eigenvalue weighted by Crippen LogP contribution is 2.29. The molecule has 22 heavy (non-hydrogen) atoms. The van der Waals surface area contributed by atoms with Crippen molar-refractivity contribution in [3.63, 3.8) is 0 Å². The predicted octanol–water partition coefficient (Wildman–Crippen LogP) is 4.78. The lowest BCUT2D eigenvalue weighted by Crippen LogP contribution is -2.04. The number of aryl methyl sites for hydroxylation is 1. The summed E-state index contributed by atoms with van der Waals surface area (Å²) in [4.78, 5) is 1.39. The highest BCUT2D eigenvalue weighted by atomic mass is 32.1. The fraction of sp³-hybridized carbons (Fsp3) is 0.158. The summed E-state index contributed by atoms with van der Waals surface area (Å²) in [7, 11) is 0. The molecule has 0 fully saturated rings. The van der Waals surface area contributed by atoms with E-state index >= 15 is 0 Å². The van der Waals surface area contributed by atoms with Gasteiger partial charge in [-0.3, -0.25) is 0 Å². The van der Waals surface area contributed by atoms with Crippen LogP contribution in [0.3, 0.4) is 0 Å². The fourth-order valence-corrected chi connectivity index (χ4v) is 3.21. The van der Waals surface area contributed by atoms with E-state index in [1.54, 1.807) is 11.3 Å². The Balaban J connectivity index is 1.85. The van der Waals surface area contributed by atoms with Crippen LogP contribution in [0.25, 0.3) is 0 Å². The molecule has 0 saturated heterocycles. The van der Waals surface area contributed by atoms with Gasteiger partial charge in [0.05, 0.1) is 0 Å². The zero-order valence-corrected chi connectivity index (χ0v) is 13.2. The van der Waals surface area contributed by atoms with Crippen LogP contribution in [0.5, 0.6) is 11.5 Å². The average molecular weight is 309 g/mol. The second kappa shape index (κ2) is 7.25. The monoisotopic (exact) mass is 309 g/mol. The fourth-order valence-electron chi connectivity index (χ4n) is 2.50. The molecule has 0 spiro atoms. The van der Waals surface area contributed by atoms with Crippen LogP contribution in [-0.2, 0) is 19.4 Å². The summed E-state index contributed by atoms with van der Waals surface area (Å²) in [6.07, 6.45) is 1.95. The molecule has 0 amide bonds. The van der Waals surface area contributed by atoms with Crippen LogP contribution in [0.1, 0.15) is 16.0 Å². The smallest absolute Gasteiger partial charge is 0.130 e. The summed E-state index contributed by atoms with van der Waals surface area (Å²) in [6, 6.07) is 20.3. The molecule has 2 nitrogen and oxygen atoms in total. The minimum atomic E-state index is 0.533. The van der Waals surface area contributed by atoms with E-state index in [9.17, 15) is 0 Å². The lowest BCUT2D eigenvalue weighted by molar-refractivity contribution is 0.475. The van der Waals surface area contributed by atoms with Gasteiger partial charge in [-0.25, -0.2) is 0 Å². The first-order valence-electron chi connectivity index (χ1n) is 7.43. The van der Waals surface area contributed by atoms with Crippen LogP contribution in [0.15, 0.2) is 66.0 Å². The molecule has 1 heterocycles. The third kappa shape index (κ3) is 3.56. The first kappa shape index (κ1) is 14.8. The van der Waals surface area contributed by atoms with Gasteiger partial charge in [-0.1, -0.05) is 36.4 Å². The quantitative estimate of drug-likeness (QED) is 0.711. The van der Waals surface area contributed by atoms with E-state index in [1.807, 2.05) is 42.5 Å². The SMILES string of the molecule is NCc1cccc(Oc2ccccc2)c1CCc1cccs1. The molecule has 1 aromatic heterocycles. The van der Waals surface area contributed by atoms with Gasteiger partial charge in [0.25, 0.3) is 0 Å². The van der Waals surface area contributed by atoms with Crippen molar-refractivity contribution in [3.05, 3.63) is 82.0 Å². The maximum absolute atomic E-state index is 6.07. The Kier molecular flexibility index (Phi) is 4.88. The van der Waals surface area contributed by atoms with Gasteiger partial charge in [-0.2, -0.15) is 0 Å². The first-order valence-corrected chi connectivity index (χ1v) is 8.31. The van der Waals surface area contributed by atoms with E-state index in [-0.39, 0.29) is 0 Å². The van der Waals surface area contributed by atoms with Crippen LogP contribution in [-0.4, -0.2) is 0 Å². The summed E-state index contributed by atoms with van der Waals surface area (Å²) in [5, 5.41) is 2.12. The van der Waals surface area contributed by atoms with Crippen LogP contribution in [0.2, 0.25) is 0 Å². The van der Waals surface area contributed by atoms with Gasteiger partial charge >= 0.3 is 0 Å². The van der Waals surface area contributed by atoms with Crippen molar-refractivity contribution in [2.24, 2.45) is 5.73 Å². The Labute approximate surface area is 135 Å². The third-order valence-electron chi connectivity index (χ3n) is 3.62. The number of hydrogen-bond donors (Lipinski definition) is 1. The zero-order valence-electron chi connectivity index (χ0n) is 12.4. The third-order valence-corrected chi connectivity index (χ3v) is 4.56. The molecule has 0 atom stereocenters. The lowest BCUT2D eigenvalue weighted by Gasteiger charge is -2.14. The number of hydrogen-bond acceptors (Lipinski definition) is 3. The lowest BCUT2D eigenvalue weighted by atomic mass is 10.0. The van der Waals surface area contributed by atoms with Gasteiger partial charge in [0.15, 0.2) is 0 Å². The van der Waals surface area contributed by atoms with Crippen molar-refractivity contribution in [1.82, 2.24) is 0 Å². The molecular formula is C19H19NOS. The number of benzene rings is 2. The molecule has 3 heteroatoms. The molecule has 0 aliphatic carbocycles. The summed E-state index contributed by atoms with van der Waals surface area (Å²) >= 11 is 1.79. The van der Waals surface area contributed by atoms with Crippen molar-refractivity contribution >= 4 is 11.3 Å². The van der Waals surface area contributed by atoms with Gasteiger partial charge in [0.1, 0.15) is 11.5 Å². The zero-order chi connectivity index (χ0) is 15.2. The highest BCUT2D eigenvalue weighted by Gasteiger charge is 2.10. The Morgan fingerprint density at radius 1 is 0.864 bits per heavy atom. The molecule has 3 aromatic rings. The van der Waals surface area contributed by atoms with Crippen molar-refractivity contribution in [1.29, 1.82) is 0 Å². The number of thiophene rings is 1.